The van der Waals surface area contributed by atoms with E-state index in [2.05, 4.69) is 4.98 Å². The molecule has 0 amide bonds. The van der Waals surface area contributed by atoms with Crippen LogP contribution in [0.15, 0.2) is 18.5 Å². The highest BCUT2D eigenvalue weighted by Crippen LogP contribution is 2.31. The van der Waals surface area contributed by atoms with E-state index in [0.29, 0.717) is 0 Å². The van der Waals surface area contributed by atoms with E-state index in [0.717, 1.165) is 30.1 Å². The van der Waals surface area contributed by atoms with Crippen LogP contribution in [0.1, 0.15) is 64.0 Å². The molecule has 3 heteroatoms. The first-order valence-corrected chi connectivity index (χ1v) is 7.45. The maximum absolute atomic E-state index is 10.2. The van der Waals surface area contributed by atoms with Crippen LogP contribution in [0.25, 0.3) is 0 Å². The van der Waals surface area contributed by atoms with Gasteiger partial charge in [-0.25, -0.2) is 0 Å². The highest BCUT2D eigenvalue weighted by molar-refractivity contribution is 5.25. The molecule has 0 bridgehead atoms. The van der Waals surface area contributed by atoms with Crippen molar-refractivity contribution >= 4 is 0 Å². The molecule has 1 unspecified atom stereocenters. The van der Waals surface area contributed by atoms with Gasteiger partial charge in [0.1, 0.15) is 5.75 Å². The van der Waals surface area contributed by atoms with Crippen molar-refractivity contribution in [1.82, 2.24) is 4.98 Å². The molecule has 1 heterocycles. The number of hydrogen-bond acceptors (Lipinski definition) is 3. The Morgan fingerprint density at radius 2 is 2.05 bits per heavy atom. The zero-order valence-corrected chi connectivity index (χ0v) is 12.0. The van der Waals surface area contributed by atoms with Gasteiger partial charge in [0, 0.05) is 11.8 Å². The van der Waals surface area contributed by atoms with Gasteiger partial charge in [-0.15, -0.1) is 0 Å². The van der Waals surface area contributed by atoms with Gasteiger partial charge >= 0.3 is 0 Å². The molecule has 0 saturated heterocycles. The average Bonchev–Trinajstić information content (AvgIpc) is 2.88. The van der Waals surface area contributed by atoms with Crippen LogP contribution in [-0.2, 0) is 0 Å². The Morgan fingerprint density at radius 3 is 2.74 bits per heavy atom. The summed E-state index contributed by atoms with van der Waals surface area (Å²) in [6.45, 7) is 3.98. The molecule has 0 spiro atoms. The van der Waals surface area contributed by atoms with Gasteiger partial charge in [0.05, 0.1) is 18.4 Å². The first-order chi connectivity index (χ1) is 9.15. The molecular weight excluding hydrogens is 238 g/mol. The topological polar surface area (TPSA) is 42.4 Å². The largest absolute Gasteiger partial charge is 0.489 e. The van der Waals surface area contributed by atoms with Crippen molar-refractivity contribution in [1.29, 1.82) is 0 Å². The minimum absolute atomic E-state index is 0.132. The molecule has 1 N–H and O–H groups in total. The summed E-state index contributed by atoms with van der Waals surface area (Å²) in [6, 6.07) is 1.91. The average molecular weight is 263 g/mol. The normalized spacial score (nSPS) is 17.9. The van der Waals surface area contributed by atoms with E-state index in [-0.39, 0.29) is 6.10 Å². The fourth-order valence-corrected chi connectivity index (χ4v) is 2.81. The summed E-state index contributed by atoms with van der Waals surface area (Å²) >= 11 is 0. The third-order valence-corrected chi connectivity index (χ3v) is 3.81. The lowest BCUT2D eigenvalue weighted by Gasteiger charge is -2.15. The lowest BCUT2D eigenvalue weighted by molar-refractivity contribution is 0.155. The predicted molar refractivity (Wildman–Crippen MR) is 76.2 cm³/mol. The molecular formula is C16H25NO2. The van der Waals surface area contributed by atoms with E-state index in [9.17, 15) is 5.11 Å². The molecule has 1 aromatic heterocycles. The standard InChI is InChI=1S/C16H25NO2/c1-12(2)19-15-9-14(10-17-11-15)16(18)8-7-13-5-3-4-6-13/h9-13,16,18H,3-8H2,1-2H3. The first kappa shape index (κ1) is 14.3. The molecule has 1 saturated carbocycles. The second kappa shape index (κ2) is 6.90. The van der Waals surface area contributed by atoms with Crippen LogP contribution < -0.4 is 4.74 Å². The highest BCUT2D eigenvalue weighted by atomic mass is 16.5. The predicted octanol–water partition coefficient (Wildman–Crippen LogP) is 3.87. The Balaban J connectivity index is 1.88. The Labute approximate surface area is 116 Å². The van der Waals surface area contributed by atoms with Gasteiger partial charge in [0.25, 0.3) is 0 Å². The summed E-state index contributed by atoms with van der Waals surface area (Å²) in [5.74, 6) is 1.56. The van der Waals surface area contributed by atoms with Gasteiger partial charge in [-0.3, -0.25) is 4.98 Å². The molecule has 1 aliphatic rings. The number of aliphatic hydroxyl groups excluding tert-OH is 1. The van der Waals surface area contributed by atoms with Gasteiger partial charge in [-0.1, -0.05) is 25.7 Å². The third kappa shape index (κ3) is 4.50. The number of ether oxygens (including phenoxy) is 1. The van der Waals surface area contributed by atoms with Crippen LogP contribution in [0.3, 0.4) is 0 Å². The number of hydrogen-bond donors (Lipinski definition) is 1. The molecule has 1 fully saturated rings. The van der Waals surface area contributed by atoms with Crippen LogP contribution >= 0.6 is 0 Å². The van der Waals surface area contributed by atoms with Gasteiger partial charge in [0.2, 0.25) is 0 Å². The third-order valence-electron chi connectivity index (χ3n) is 3.81. The van der Waals surface area contributed by atoms with Crippen LogP contribution in [-0.4, -0.2) is 16.2 Å². The van der Waals surface area contributed by atoms with Crippen molar-refractivity contribution in [3.8, 4) is 5.75 Å². The minimum Gasteiger partial charge on any atom is -0.489 e. The molecule has 0 aliphatic heterocycles. The van der Waals surface area contributed by atoms with E-state index >= 15 is 0 Å². The summed E-state index contributed by atoms with van der Waals surface area (Å²) in [5.41, 5.74) is 0.871. The van der Waals surface area contributed by atoms with Crippen molar-refractivity contribution in [2.75, 3.05) is 0 Å². The molecule has 2 rings (SSSR count). The second-order valence-corrected chi connectivity index (χ2v) is 5.86. The smallest absolute Gasteiger partial charge is 0.138 e. The van der Waals surface area contributed by atoms with Crippen molar-refractivity contribution in [3.63, 3.8) is 0 Å². The molecule has 0 aromatic carbocycles. The molecule has 0 radical (unpaired) electrons. The number of aromatic nitrogens is 1. The fourth-order valence-electron chi connectivity index (χ4n) is 2.81. The van der Waals surface area contributed by atoms with Gasteiger partial charge in [-0.05, 0) is 38.7 Å². The van der Waals surface area contributed by atoms with Crippen molar-refractivity contribution in [2.45, 2.75) is 64.6 Å². The summed E-state index contributed by atoms with van der Waals surface area (Å²) in [6.07, 6.45) is 10.5. The summed E-state index contributed by atoms with van der Waals surface area (Å²) < 4.78 is 5.61. The quantitative estimate of drug-likeness (QED) is 0.847. The zero-order valence-electron chi connectivity index (χ0n) is 12.0. The molecule has 1 aromatic rings. The Bertz CT molecular complexity index is 386. The van der Waals surface area contributed by atoms with Crippen molar-refractivity contribution in [3.05, 3.63) is 24.0 Å². The summed E-state index contributed by atoms with van der Waals surface area (Å²) in [4.78, 5) is 4.15. The van der Waals surface area contributed by atoms with E-state index in [1.165, 1.54) is 25.7 Å². The molecule has 3 nitrogen and oxygen atoms in total. The van der Waals surface area contributed by atoms with Gasteiger partial charge in [-0.2, -0.15) is 0 Å². The summed E-state index contributed by atoms with van der Waals surface area (Å²) in [5, 5.41) is 10.2. The Morgan fingerprint density at radius 1 is 1.32 bits per heavy atom. The van der Waals surface area contributed by atoms with Crippen LogP contribution in [0.5, 0.6) is 5.75 Å². The van der Waals surface area contributed by atoms with E-state index < -0.39 is 6.10 Å². The lowest BCUT2D eigenvalue weighted by Crippen LogP contribution is -2.07. The van der Waals surface area contributed by atoms with Crippen LogP contribution in [0.2, 0.25) is 0 Å². The first-order valence-electron chi connectivity index (χ1n) is 7.45. The number of pyridine rings is 1. The maximum Gasteiger partial charge on any atom is 0.138 e. The fraction of sp³-hybridized carbons (Fsp3) is 0.688. The van der Waals surface area contributed by atoms with Gasteiger partial charge in [0.15, 0.2) is 0 Å². The Hall–Kier alpha value is -1.09. The minimum atomic E-state index is -0.413. The van der Waals surface area contributed by atoms with E-state index in [4.69, 9.17) is 4.74 Å². The van der Waals surface area contributed by atoms with Crippen LogP contribution in [0.4, 0.5) is 0 Å². The Kier molecular flexibility index (Phi) is 5.20. The monoisotopic (exact) mass is 263 g/mol. The SMILES string of the molecule is CC(C)Oc1cncc(C(O)CCC2CCCC2)c1. The van der Waals surface area contributed by atoms with Crippen molar-refractivity contribution in [2.24, 2.45) is 5.92 Å². The van der Waals surface area contributed by atoms with Crippen molar-refractivity contribution < 1.29 is 9.84 Å². The molecule has 1 atom stereocenters. The second-order valence-electron chi connectivity index (χ2n) is 5.86. The lowest BCUT2D eigenvalue weighted by atomic mass is 9.97. The highest BCUT2D eigenvalue weighted by Gasteiger charge is 2.17. The number of nitrogens with zero attached hydrogens (tertiary/aromatic N) is 1. The summed E-state index contributed by atoms with van der Waals surface area (Å²) in [7, 11) is 0. The van der Waals surface area contributed by atoms with Gasteiger partial charge < -0.3 is 9.84 Å². The number of rotatable bonds is 6. The number of aliphatic hydroxyl groups is 1. The molecule has 106 valence electrons. The van der Waals surface area contributed by atoms with E-state index in [1.807, 2.05) is 19.9 Å². The van der Waals surface area contributed by atoms with E-state index in [1.54, 1.807) is 12.4 Å². The molecule has 19 heavy (non-hydrogen) atoms. The molecule has 1 aliphatic carbocycles. The zero-order chi connectivity index (χ0) is 13.7. The van der Waals surface area contributed by atoms with Crippen LogP contribution in [0, 0.1) is 5.92 Å². The maximum atomic E-state index is 10.2.